The number of sulfonamides is 1. The maximum absolute atomic E-state index is 13.3. The molecule has 0 saturated carbocycles. The minimum Gasteiger partial charge on any atom is -0.337 e. The van der Waals surface area contributed by atoms with Crippen molar-refractivity contribution in [2.75, 3.05) is 45.0 Å². The van der Waals surface area contributed by atoms with Crippen LogP contribution in [0.25, 0.3) is 0 Å². The van der Waals surface area contributed by atoms with Crippen molar-refractivity contribution < 1.29 is 13.2 Å². The van der Waals surface area contributed by atoms with E-state index in [1.54, 1.807) is 4.90 Å². The summed E-state index contributed by atoms with van der Waals surface area (Å²) in [7, 11) is -3.41. The molecule has 7 heteroatoms. The van der Waals surface area contributed by atoms with Crippen LogP contribution < -0.4 is 5.32 Å². The Morgan fingerprint density at radius 3 is 2.37 bits per heavy atom. The maximum Gasteiger partial charge on any atom is 0.254 e. The Kier molecular flexibility index (Phi) is 7.64. The highest BCUT2D eigenvalue weighted by molar-refractivity contribution is 7.89. The molecule has 6 nitrogen and oxygen atoms in total. The predicted molar refractivity (Wildman–Crippen MR) is 120 cm³/mol. The first-order valence-electron chi connectivity index (χ1n) is 10.5. The monoisotopic (exact) mass is 429 g/mol. The Morgan fingerprint density at radius 1 is 1.07 bits per heavy atom. The van der Waals surface area contributed by atoms with Crippen LogP contribution in [0.5, 0.6) is 0 Å². The lowest BCUT2D eigenvalue weighted by molar-refractivity contribution is 0.0756. The van der Waals surface area contributed by atoms with Gasteiger partial charge < -0.3 is 10.2 Å². The molecule has 0 aliphatic carbocycles. The SMILES string of the molecule is Cc1ccccc1C(=O)N(CCS(=O)(=O)N1CCNCC1)CC(C)c1ccccc1. The zero-order valence-electron chi connectivity index (χ0n) is 17.8. The van der Waals surface area contributed by atoms with Crippen LogP contribution in [0.4, 0.5) is 0 Å². The van der Waals surface area contributed by atoms with E-state index in [-0.39, 0.29) is 24.1 Å². The Balaban J connectivity index is 1.78. The van der Waals surface area contributed by atoms with Gasteiger partial charge in [-0.1, -0.05) is 55.5 Å². The molecule has 30 heavy (non-hydrogen) atoms. The quantitative estimate of drug-likeness (QED) is 0.700. The molecule has 3 rings (SSSR count). The summed E-state index contributed by atoms with van der Waals surface area (Å²) in [4.78, 5) is 15.0. The summed E-state index contributed by atoms with van der Waals surface area (Å²) in [5.41, 5.74) is 2.65. The lowest BCUT2D eigenvalue weighted by Crippen LogP contribution is -2.48. The van der Waals surface area contributed by atoms with E-state index < -0.39 is 10.0 Å². The van der Waals surface area contributed by atoms with Crippen LogP contribution in [0.15, 0.2) is 54.6 Å². The molecule has 0 bridgehead atoms. The molecule has 1 atom stereocenters. The Bertz CT molecular complexity index is 941. The molecule has 0 spiro atoms. The number of nitrogens with one attached hydrogen (secondary N) is 1. The van der Waals surface area contributed by atoms with Crippen LogP contribution in [0.2, 0.25) is 0 Å². The van der Waals surface area contributed by atoms with E-state index in [0.717, 1.165) is 11.1 Å². The number of hydrogen-bond acceptors (Lipinski definition) is 4. The first-order valence-corrected chi connectivity index (χ1v) is 12.1. The average molecular weight is 430 g/mol. The van der Waals surface area contributed by atoms with Crippen molar-refractivity contribution in [1.82, 2.24) is 14.5 Å². The Morgan fingerprint density at radius 2 is 1.70 bits per heavy atom. The molecule has 1 fully saturated rings. The third kappa shape index (κ3) is 5.68. The number of piperazine rings is 1. The molecule has 1 aliphatic heterocycles. The highest BCUT2D eigenvalue weighted by atomic mass is 32.2. The van der Waals surface area contributed by atoms with Gasteiger partial charge in [-0.3, -0.25) is 4.79 Å². The molecule has 1 amide bonds. The lowest BCUT2D eigenvalue weighted by atomic mass is 10.00. The number of carbonyl (C=O) groups is 1. The van der Waals surface area contributed by atoms with Crippen LogP contribution in [-0.2, 0) is 10.0 Å². The summed E-state index contributed by atoms with van der Waals surface area (Å²) < 4.78 is 27.2. The molecular formula is C23H31N3O3S. The van der Waals surface area contributed by atoms with Crippen molar-refractivity contribution in [3.8, 4) is 0 Å². The standard InChI is InChI=1S/C23H31N3O3S/c1-19-8-6-7-11-22(19)23(27)25(18-20(2)21-9-4-3-5-10-21)16-17-30(28,29)26-14-12-24-13-15-26/h3-11,20,24H,12-18H2,1-2H3. The number of hydrogen-bond donors (Lipinski definition) is 1. The van der Waals surface area contributed by atoms with Gasteiger partial charge in [-0.15, -0.1) is 0 Å². The summed E-state index contributed by atoms with van der Waals surface area (Å²) in [5.74, 6) is -0.0842. The molecule has 162 valence electrons. The average Bonchev–Trinajstić information content (AvgIpc) is 2.77. The van der Waals surface area contributed by atoms with Gasteiger partial charge in [-0.25, -0.2) is 8.42 Å². The third-order valence-electron chi connectivity index (χ3n) is 5.61. The van der Waals surface area contributed by atoms with Gasteiger partial charge in [0.15, 0.2) is 0 Å². The van der Waals surface area contributed by atoms with Gasteiger partial charge in [0.05, 0.1) is 5.75 Å². The van der Waals surface area contributed by atoms with E-state index in [2.05, 4.69) is 12.2 Å². The summed E-state index contributed by atoms with van der Waals surface area (Å²) in [6, 6.07) is 17.5. The number of aryl methyl sites for hydroxylation is 1. The smallest absolute Gasteiger partial charge is 0.254 e. The molecule has 0 aromatic heterocycles. The van der Waals surface area contributed by atoms with Crippen LogP contribution in [0.1, 0.15) is 34.3 Å². The summed E-state index contributed by atoms with van der Waals surface area (Å²) in [6.07, 6.45) is 0. The topological polar surface area (TPSA) is 69.7 Å². The molecule has 1 saturated heterocycles. The number of carbonyl (C=O) groups excluding carboxylic acids is 1. The van der Waals surface area contributed by atoms with E-state index in [1.807, 2.05) is 61.5 Å². The zero-order chi connectivity index (χ0) is 21.6. The highest BCUT2D eigenvalue weighted by Crippen LogP contribution is 2.19. The van der Waals surface area contributed by atoms with Crippen molar-refractivity contribution in [3.05, 3.63) is 71.3 Å². The number of amides is 1. The van der Waals surface area contributed by atoms with Gasteiger partial charge in [0.1, 0.15) is 0 Å². The third-order valence-corrected chi connectivity index (χ3v) is 7.46. The van der Waals surface area contributed by atoms with Gasteiger partial charge in [0.25, 0.3) is 5.91 Å². The second-order valence-corrected chi connectivity index (χ2v) is 9.93. The fourth-order valence-corrected chi connectivity index (χ4v) is 5.20. The van der Waals surface area contributed by atoms with Crippen LogP contribution in [-0.4, -0.2) is 68.6 Å². The van der Waals surface area contributed by atoms with E-state index >= 15 is 0 Å². The lowest BCUT2D eigenvalue weighted by Gasteiger charge is -2.30. The van der Waals surface area contributed by atoms with Gasteiger partial charge in [0.2, 0.25) is 10.0 Å². The molecule has 1 unspecified atom stereocenters. The van der Waals surface area contributed by atoms with Crippen LogP contribution in [0, 0.1) is 6.92 Å². The van der Waals surface area contributed by atoms with Gasteiger partial charge in [-0.05, 0) is 30.0 Å². The number of rotatable bonds is 8. The molecule has 1 aliphatic rings. The van der Waals surface area contributed by atoms with Crippen molar-refractivity contribution in [1.29, 1.82) is 0 Å². The highest BCUT2D eigenvalue weighted by Gasteiger charge is 2.27. The largest absolute Gasteiger partial charge is 0.337 e. The minimum atomic E-state index is -3.41. The van der Waals surface area contributed by atoms with Gasteiger partial charge in [-0.2, -0.15) is 4.31 Å². The minimum absolute atomic E-state index is 0.0634. The molecule has 1 heterocycles. The van der Waals surface area contributed by atoms with Gasteiger partial charge >= 0.3 is 0 Å². The fraction of sp³-hybridized carbons (Fsp3) is 0.435. The molecule has 1 N–H and O–H groups in total. The van der Waals surface area contributed by atoms with Crippen molar-refractivity contribution in [2.45, 2.75) is 19.8 Å². The van der Waals surface area contributed by atoms with Crippen LogP contribution in [0.3, 0.4) is 0 Å². The van der Waals surface area contributed by atoms with Gasteiger partial charge in [0, 0.05) is 44.8 Å². The predicted octanol–water partition coefficient (Wildman–Crippen LogP) is 2.48. The van der Waals surface area contributed by atoms with E-state index in [4.69, 9.17) is 0 Å². The van der Waals surface area contributed by atoms with E-state index in [1.165, 1.54) is 4.31 Å². The maximum atomic E-state index is 13.3. The Hall–Kier alpha value is -2.22. The van der Waals surface area contributed by atoms with E-state index in [9.17, 15) is 13.2 Å². The normalized spacial score (nSPS) is 16.2. The zero-order valence-corrected chi connectivity index (χ0v) is 18.6. The molecule has 2 aromatic carbocycles. The summed E-state index contributed by atoms with van der Waals surface area (Å²) in [5, 5.41) is 3.17. The first kappa shape index (κ1) is 22.5. The summed E-state index contributed by atoms with van der Waals surface area (Å²) in [6.45, 7) is 6.90. The number of benzene rings is 2. The second-order valence-electron chi connectivity index (χ2n) is 7.84. The molecule has 2 aromatic rings. The Labute approximate surface area is 179 Å². The van der Waals surface area contributed by atoms with Crippen molar-refractivity contribution in [3.63, 3.8) is 0 Å². The summed E-state index contributed by atoms with van der Waals surface area (Å²) >= 11 is 0. The van der Waals surface area contributed by atoms with Crippen molar-refractivity contribution >= 4 is 15.9 Å². The van der Waals surface area contributed by atoms with Crippen molar-refractivity contribution in [2.24, 2.45) is 0 Å². The fourth-order valence-electron chi connectivity index (χ4n) is 3.75. The second kappa shape index (κ2) is 10.2. The number of nitrogens with zero attached hydrogens (tertiary/aromatic N) is 2. The van der Waals surface area contributed by atoms with E-state index in [0.29, 0.717) is 38.3 Å². The molecular weight excluding hydrogens is 398 g/mol. The van der Waals surface area contributed by atoms with Crippen LogP contribution >= 0.6 is 0 Å². The molecule has 0 radical (unpaired) electrons. The first-order chi connectivity index (χ1) is 14.4.